The molecule has 0 aromatic carbocycles. The molecule has 3 aromatic heterocycles. The highest BCUT2D eigenvalue weighted by Gasteiger charge is 2.21. The number of hydrogen-bond donors (Lipinski definition) is 0. The second-order valence-electron chi connectivity index (χ2n) is 5.03. The largest absolute Gasteiger partial charge is 0.246 e. The Morgan fingerprint density at radius 1 is 1.25 bits per heavy atom. The van der Waals surface area contributed by atoms with Crippen molar-refractivity contribution in [2.24, 2.45) is 0 Å². The van der Waals surface area contributed by atoms with Crippen molar-refractivity contribution in [1.29, 1.82) is 0 Å². The summed E-state index contributed by atoms with van der Waals surface area (Å²) in [6, 6.07) is 0. The number of hydrogen-bond acceptors (Lipinski definition) is 5. The Kier molecular flexibility index (Phi) is 3.02. The third-order valence-corrected chi connectivity index (χ3v) is 5.97. The van der Waals surface area contributed by atoms with E-state index in [4.69, 9.17) is 16.6 Å². The standard InChI is InChI=1S/C14H12ClN3S2/c1-7-6-19-11(16-7)5-10-17-13(15)12-8-3-2-4-9(8)20-14(12)18-10/h6H,2-5H2,1H3. The summed E-state index contributed by atoms with van der Waals surface area (Å²) < 4.78 is 0. The smallest absolute Gasteiger partial charge is 0.141 e. The minimum Gasteiger partial charge on any atom is -0.246 e. The van der Waals surface area contributed by atoms with Crippen LogP contribution in [0.25, 0.3) is 10.2 Å². The summed E-state index contributed by atoms with van der Waals surface area (Å²) in [6.07, 6.45) is 4.17. The zero-order chi connectivity index (χ0) is 13.7. The molecule has 0 fully saturated rings. The number of rotatable bonds is 2. The summed E-state index contributed by atoms with van der Waals surface area (Å²) in [4.78, 5) is 16.1. The van der Waals surface area contributed by atoms with Crippen molar-refractivity contribution in [1.82, 2.24) is 15.0 Å². The molecular formula is C14H12ClN3S2. The SMILES string of the molecule is Cc1csc(Cc2nc(Cl)c3c4c(sc3n2)CCC4)n1. The normalized spacial score (nSPS) is 14.1. The van der Waals surface area contributed by atoms with Crippen molar-refractivity contribution in [3.8, 4) is 0 Å². The molecule has 3 nitrogen and oxygen atoms in total. The first-order chi connectivity index (χ1) is 9.70. The van der Waals surface area contributed by atoms with Crippen LogP contribution in [0.3, 0.4) is 0 Å². The van der Waals surface area contributed by atoms with E-state index in [2.05, 4.69) is 15.3 Å². The molecule has 0 aliphatic heterocycles. The van der Waals surface area contributed by atoms with Gasteiger partial charge in [0.2, 0.25) is 0 Å². The van der Waals surface area contributed by atoms with Crippen molar-refractivity contribution < 1.29 is 0 Å². The first-order valence-corrected chi connectivity index (χ1v) is 8.66. The van der Waals surface area contributed by atoms with Gasteiger partial charge in [0.15, 0.2) is 0 Å². The van der Waals surface area contributed by atoms with E-state index >= 15 is 0 Å². The number of thiophene rings is 1. The molecule has 20 heavy (non-hydrogen) atoms. The van der Waals surface area contributed by atoms with Crippen LogP contribution < -0.4 is 0 Å². The first-order valence-electron chi connectivity index (χ1n) is 6.58. The highest BCUT2D eigenvalue weighted by atomic mass is 35.5. The molecule has 0 unspecified atom stereocenters. The zero-order valence-corrected chi connectivity index (χ0v) is 13.3. The summed E-state index contributed by atoms with van der Waals surface area (Å²) in [5.74, 6) is 0.775. The van der Waals surface area contributed by atoms with Crippen LogP contribution in [0.4, 0.5) is 0 Å². The Morgan fingerprint density at radius 2 is 2.15 bits per heavy atom. The predicted octanol–water partition coefficient (Wildman–Crippen LogP) is 4.19. The van der Waals surface area contributed by atoms with Crippen molar-refractivity contribution in [3.63, 3.8) is 0 Å². The predicted molar refractivity (Wildman–Crippen MR) is 84.1 cm³/mol. The molecule has 0 amide bonds. The molecule has 0 atom stereocenters. The van der Waals surface area contributed by atoms with Gasteiger partial charge in [0.1, 0.15) is 20.8 Å². The number of aromatic nitrogens is 3. The van der Waals surface area contributed by atoms with Gasteiger partial charge in [-0.1, -0.05) is 11.6 Å². The molecule has 0 saturated heterocycles. The molecule has 0 bridgehead atoms. The average Bonchev–Trinajstić information content (AvgIpc) is 3.04. The lowest BCUT2D eigenvalue weighted by Crippen LogP contribution is -1.97. The molecule has 0 radical (unpaired) electrons. The van der Waals surface area contributed by atoms with Crippen LogP contribution in [-0.2, 0) is 19.3 Å². The Bertz CT molecular complexity index is 806. The third kappa shape index (κ3) is 2.05. The molecule has 1 aliphatic carbocycles. The van der Waals surface area contributed by atoms with Crippen molar-refractivity contribution >= 4 is 44.5 Å². The molecule has 3 aromatic rings. The molecule has 3 heterocycles. The van der Waals surface area contributed by atoms with Gasteiger partial charge in [-0.3, -0.25) is 0 Å². The maximum absolute atomic E-state index is 6.40. The fourth-order valence-corrected chi connectivity index (χ4v) is 5.10. The topological polar surface area (TPSA) is 38.7 Å². The maximum Gasteiger partial charge on any atom is 0.141 e. The number of thiazole rings is 1. The molecule has 6 heteroatoms. The summed E-state index contributed by atoms with van der Waals surface area (Å²) >= 11 is 9.82. The minimum atomic E-state index is 0.609. The lowest BCUT2D eigenvalue weighted by Gasteiger charge is -2.01. The Morgan fingerprint density at radius 3 is 2.95 bits per heavy atom. The van der Waals surface area contributed by atoms with Gasteiger partial charge in [0, 0.05) is 16.0 Å². The molecule has 1 aliphatic rings. The van der Waals surface area contributed by atoms with Crippen molar-refractivity contribution in [3.05, 3.63) is 37.5 Å². The van der Waals surface area contributed by atoms with Crippen LogP contribution in [0.1, 0.15) is 33.4 Å². The van der Waals surface area contributed by atoms with Crippen LogP contribution in [0.5, 0.6) is 0 Å². The fourth-order valence-electron chi connectivity index (χ4n) is 2.69. The van der Waals surface area contributed by atoms with E-state index < -0.39 is 0 Å². The number of nitrogens with zero attached hydrogens (tertiary/aromatic N) is 3. The molecule has 0 N–H and O–H groups in total. The lowest BCUT2D eigenvalue weighted by atomic mass is 10.2. The van der Waals surface area contributed by atoms with Gasteiger partial charge >= 0.3 is 0 Å². The molecule has 0 spiro atoms. The molecule has 4 rings (SSSR count). The van der Waals surface area contributed by atoms with Crippen LogP contribution in [0, 0.1) is 6.92 Å². The van der Waals surface area contributed by atoms with Gasteiger partial charge in [-0.15, -0.1) is 22.7 Å². The van der Waals surface area contributed by atoms with E-state index in [0.717, 1.165) is 39.6 Å². The highest BCUT2D eigenvalue weighted by molar-refractivity contribution is 7.19. The fraction of sp³-hybridized carbons (Fsp3) is 0.357. The number of halogens is 1. The van der Waals surface area contributed by atoms with E-state index in [1.807, 2.05) is 6.92 Å². The molecule has 102 valence electrons. The molecule has 0 saturated carbocycles. The van der Waals surface area contributed by atoms with Gasteiger partial charge in [-0.25, -0.2) is 15.0 Å². The monoisotopic (exact) mass is 321 g/mol. The van der Waals surface area contributed by atoms with E-state index in [9.17, 15) is 0 Å². The summed E-state index contributed by atoms with van der Waals surface area (Å²) in [6.45, 7) is 2.00. The zero-order valence-electron chi connectivity index (χ0n) is 10.9. The summed E-state index contributed by atoms with van der Waals surface area (Å²) in [7, 11) is 0. The summed E-state index contributed by atoms with van der Waals surface area (Å²) in [5, 5.41) is 4.79. The Balaban J connectivity index is 1.78. The van der Waals surface area contributed by atoms with Crippen molar-refractivity contribution in [2.75, 3.05) is 0 Å². The Hall–Kier alpha value is -1.04. The van der Waals surface area contributed by atoms with Gasteiger partial charge in [0.25, 0.3) is 0 Å². The Labute approximate surface area is 129 Å². The van der Waals surface area contributed by atoms with Crippen LogP contribution in [0.2, 0.25) is 5.15 Å². The van der Waals surface area contributed by atoms with Crippen LogP contribution in [0.15, 0.2) is 5.38 Å². The number of fused-ring (bicyclic) bond motifs is 3. The van der Waals surface area contributed by atoms with Gasteiger partial charge in [-0.2, -0.15) is 0 Å². The second kappa shape index (κ2) is 4.76. The minimum absolute atomic E-state index is 0.609. The number of aryl methyl sites for hydroxylation is 3. The quantitative estimate of drug-likeness (QED) is 0.664. The van der Waals surface area contributed by atoms with Gasteiger partial charge in [-0.05, 0) is 31.7 Å². The van der Waals surface area contributed by atoms with E-state index in [1.165, 1.54) is 16.9 Å². The van der Waals surface area contributed by atoms with E-state index in [-0.39, 0.29) is 0 Å². The van der Waals surface area contributed by atoms with E-state index in [1.54, 1.807) is 22.7 Å². The highest BCUT2D eigenvalue weighted by Crippen LogP contribution is 2.39. The van der Waals surface area contributed by atoms with Crippen LogP contribution >= 0.6 is 34.3 Å². The van der Waals surface area contributed by atoms with Gasteiger partial charge in [0.05, 0.1) is 11.8 Å². The van der Waals surface area contributed by atoms with Crippen molar-refractivity contribution in [2.45, 2.75) is 32.6 Å². The third-order valence-electron chi connectivity index (χ3n) is 3.54. The van der Waals surface area contributed by atoms with Gasteiger partial charge < -0.3 is 0 Å². The van der Waals surface area contributed by atoms with Crippen LogP contribution in [-0.4, -0.2) is 15.0 Å². The average molecular weight is 322 g/mol. The maximum atomic E-state index is 6.40. The first kappa shape index (κ1) is 12.7. The summed E-state index contributed by atoms with van der Waals surface area (Å²) in [5.41, 5.74) is 2.43. The lowest BCUT2D eigenvalue weighted by molar-refractivity contribution is 0.916. The van der Waals surface area contributed by atoms with E-state index in [0.29, 0.717) is 11.6 Å². The molecular weight excluding hydrogens is 310 g/mol. The second-order valence-corrected chi connectivity index (χ2v) is 7.41.